The molecule has 0 saturated heterocycles. The van der Waals surface area contributed by atoms with Gasteiger partial charge in [0.2, 0.25) is 10.0 Å². The van der Waals surface area contributed by atoms with Gasteiger partial charge in [0.15, 0.2) is 0 Å². The monoisotopic (exact) mass is 470 g/mol. The quantitative estimate of drug-likeness (QED) is 0.519. The van der Waals surface area contributed by atoms with Gasteiger partial charge in [0.1, 0.15) is 5.75 Å². The summed E-state index contributed by atoms with van der Waals surface area (Å²) in [5, 5.41) is 2.81. The molecule has 9 heteroatoms. The van der Waals surface area contributed by atoms with Crippen LogP contribution in [0, 0.1) is 0 Å². The first-order chi connectivity index (χ1) is 13.4. The van der Waals surface area contributed by atoms with Gasteiger partial charge in [0, 0.05) is 24.7 Å². The predicted molar refractivity (Wildman–Crippen MR) is 110 cm³/mol. The van der Waals surface area contributed by atoms with Gasteiger partial charge in [-0.05, 0) is 58.2 Å². The van der Waals surface area contributed by atoms with E-state index < -0.39 is 10.0 Å². The highest BCUT2D eigenvalue weighted by atomic mass is 79.9. The molecule has 0 bridgehead atoms. The Hall–Kier alpha value is -1.94. The number of halogens is 1. The van der Waals surface area contributed by atoms with Gasteiger partial charge < -0.3 is 14.8 Å². The summed E-state index contributed by atoms with van der Waals surface area (Å²) in [6, 6.07) is 11.9. The van der Waals surface area contributed by atoms with Crippen LogP contribution in [0.1, 0.15) is 15.9 Å². The van der Waals surface area contributed by atoms with Crippen molar-refractivity contribution in [3.8, 4) is 5.75 Å². The van der Waals surface area contributed by atoms with Gasteiger partial charge in [0.25, 0.3) is 5.91 Å². The van der Waals surface area contributed by atoms with Crippen LogP contribution in [0.4, 0.5) is 0 Å². The van der Waals surface area contributed by atoms with Gasteiger partial charge in [-0.2, -0.15) is 0 Å². The minimum Gasteiger partial charge on any atom is -0.497 e. The topological polar surface area (TPSA) is 93.7 Å². The average Bonchev–Trinajstić information content (AvgIpc) is 2.68. The summed E-state index contributed by atoms with van der Waals surface area (Å²) in [4.78, 5) is 12.5. The van der Waals surface area contributed by atoms with Gasteiger partial charge in [-0.25, -0.2) is 13.1 Å². The molecule has 152 valence electrons. The van der Waals surface area contributed by atoms with Crippen LogP contribution in [0.25, 0.3) is 0 Å². The molecule has 0 aliphatic carbocycles. The number of hydrogen-bond donors (Lipinski definition) is 2. The molecule has 28 heavy (non-hydrogen) atoms. The Labute approximate surface area is 173 Å². The molecule has 0 aliphatic heterocycles. The van der Waals surface area contributed by atoms with E-state index in [0.717, 1.165) is 11.3 Å². The van der Waals surface area contributed by atoms with E-state index in [1.165, 1.54) is 19.2 Å². The van der Waals surface area contributed by atoms with E-state index in [4.69, 9.17) is 9.47 Å². The minimum absolute atomic E-state index is 0.0205. The highest BCUT2D eigenvalue weighted by molar-refractivity contribution is 9.10. The zero-order chi connectivity index (χ0) is 20.6. The van der Waals surface area contributed by atoms with Crippen molar-refractivity contribution in [3.63, 3.8) is 0 Å². The summed E-state index contributed by atoms with van der Waals surface area (Å²) in [6.45, 7) is 0.827. The molecule has 7 nitrogen and oxygen atoms in total. The molecule has 1 amide bonds. The lowest BCUT2D eigenvalue weighted by Crippen LogP contribution is -2.29. The molecule has 0 unspecified atom stereocenters. The second-order valence-electron chi connectivity index (χ2n) is 5.89. The number of benzene rings is 2. The summed E-state index contributed by atoms with van der Waals surface area (Å²) in [7, 11) is -0.624. The number of amides is 1. The first kappa shape index (κ1) is 22.4. The smallest absolute Gasteiger partial charge is 0.252 e. The third-order valence-electron chi connectivity index (χ3n) is 3.95. The molecule has 2 rings (SSSR count). The van der Waals surface area contributed by atoms with E-state index in [2.05, 4.69) is 26.0 Å². The fourth-order valence-corrected chi connectivity index (χ4v) is 3.88. The van der Waals surface area contributed by atoms with Gasteiger partial charge in [0.05, 0.1) is 24.2 Å². The fraction of sp³-hybridized carbons (Fsp3) is 0.316. The standard InChI is InChI=1S/C19H23BrN2O5S/c1-26-12-11-22-28(24,25)16-7-8-18(20)17(13-16)19(23)21-10-9-14-3-5-15(27-2)6-4-14/h3-8,13,22H,9-12H2,1-2H3,(H,21,23). The number of nitrogens with one attached hydrogen (secondary N) is 2. The van der Waals surface area contributed by atoms with Crippen LogP contribution in [0.15, 0.2) is 51.8 Å². The summed E-state index contributed by atoms with van der Waals surface area (Å²) in [5.41, 5.74) is 1.31. The minimum atomic E-state index is -3.72. The Balaban J connectivity index is 2.01. The van der Waals surface area contributed by atoms with E-state index in [1.807, 2.05) is 24.3 Å². The lowest BCUT2D eigenvalue weighted by molar-refractivity contribution is 0.0953. The van der Waals surface area contributed by atoms with Crippen molar-refractivity contribution < 1.29 is 22.7 Å². The number of carbonyl (C=O) groups is 1. The average molecular weight is 471 g/mol. The Kier molecular flexibility index (Phi) is 8.43. The molecule has 0 fully saturated rings. The van der Waals surface area contributed by atoms with Gasteiger partial charge in [-0.15, -0.1) is 0 Å². The second-order valence-corrected chi connectivity index (χ2v) is 8.51. The van der Waals surface area contributed by atoms with Crippen LogP contribution in [-0.2, 0) is 21.2 Å². The number of hydrogen-bond acceptors (Lipinski definition) is 5. The van der Waals surface area contributed by atoms with Gasteiger partial charge in [-0.3, -0.25) is 4.79 Å². The zero-order valence-electron chi connectivity index (χ0n) is 15.7. The number of carbonyl (C=O) groups excluding carboxylic acids is 1. The van der Waals surface area contributed by atoms with E-state index in [-0.39, 0.29) is 29.5 Å². The summed E-state index contributed by atoms with van der Waals surface area (Å²) in [6.07, 6.45) is 0.643. The number of sulfonamides is 1. The number of rotatable bonds is 10. The number of ether oxygens (including phenoxy) is 2. The second kappa shape index (κ2) is 10.6. The van der Waals surface area contributed by atoms with Crippen LogP contribution in [0.5, 0.6) is 5.75 Å². The van der Waals surface area contributed by atoms with Crippen molar-refractivity contribution in [1.29, 1.82) is 0 Å². The normalized spacial score (nSPS) is 11.2. The molecule has 0 heterocycles. The molecular formula is C19H23BrN2O5S. The maximum atomic E-state index is 12.5. The van der Waals surface area contributed by atoms with Crippen LogP contribution < -0.4 is 14.8 Å². The maximum Gasteiger partial charge on any atom is 0.252 e. The van der Waals surface area contributed by atoms with E-state index in [1.54, 1.807) is 13.2 Å². The molecule has 0 atom stereocenters. The Morgan fingerprint density at radius 2 is 1.79 bits per heavy atom. The van der Waals surface area contributed by atoms with Crippen molar-refractivity contribution >= 4 is 31.9 Å². The zero-order valence-corrected chi connectivity index (χ0v) is 18.1. The summed E-state index contributed by atoms with van der Waals surface area (Å²) < 4.78 is 37.5. The molecule has 0 radical (unpaired) electrons. The molecule has 0 aliphatic rings. The third-order valence-corrected chi connectivity index (χ3v) is 6.10. The van der Waals surface area contributed by atoms with Crippen LogP contribution >= 0.6 is 15.9 Å². The fourth-order valence-electron chi connectivity index (χ4n) is 2.41. The molecule has 2 aromatic rings. The van der Waals surface area contributed by atoms with Crippen molar-refractivity contribution in [2.45, 2.75) is 11.3 Å². The van der Waals surface area contributed by atoms with Gasteiger partial charge >= 0.3 is 0 Å². The molecule has 0 aromatic heterocycles. The molecular weight excluding hydrogens is 448 g/mol. The lowest BCUT2D eigenvalue weighted by atomic mass is 10.1. The van der Waals surface area contributed by atoms with Gasteiger partial charge in [-0.1, -0.05) is 12.1 Å². The highest BCUT2D eigenvalue weighted by Crippen LogP contribution is 2.21. The van der Waals surface area contributed by atoms with Crippen LogP contribution in [0.2, 0.25) is 0 Å². The van der Waals surface area contributed by atoms with E-state index in [0.29, 0.717) is 17.4 Å². The summed E-state index contributed by atoms with van der Waals surface area (Å²) >= 11 is 3.30. The largest absolute Gasteiger partial charge is 0.497 e. The third kappa shape index (κ3) is 6.30. The van der Waals surface area contributed by atoms with Crippen LogP contribution in [-0.4, -0.2) is 48.2 Å². The molecule has 0 saturated carbocycles. The first-order valence-corrected chi connectivity index (χ1v) is 10.8. The highest BCUT2D eigenvalue weighted by Gasteiger charge is 2.18. The number of methoxy groups -OCH3 is 2. The molecule has 0 spiro atoms. The summed E-state index contributed by atoms with van der Waals surface area (Å²) in [5.74, 6) is 0.420. The molecule has 2 N–H and O–H groups in total. The first-order valence-electron chi connectivity index (χ1n) is 8.56. The van der Waals surface area contributed by atoms with Crippen LogP contribution in [0.3, 0.4) is 0 Å². The Morgan fingerprint density at radius 3 is 2.43 bits per heavy atom. The Bertz CT molecular complexity index is 901. The van der Waals surface area contributed by atoms with Crippen molar-refractivity contribution in [1.82, 2.24) is 10.0 Å². The lowest BCUT2D eigenvalue weighted by Gasteiger charge is -2.11. The molecule has 2 aromatic carbocycles. The maximum absolute atomic E-state index is 12.5. The Morgan fingerprint density at radius 1 is 1.07 bits per heavy atom. The van der Waals surface area contributed by atoms with Crippen molar-refractivity contribution in [3.05, 3.63) is 58.1 Å². The SMILES string of the molecule is COCCNS(=O)(=O)c1ccc(Br)c(C(=O)NCCc2ccc(OC)cc2)c1. The van der Waals surface area contributed by atoms with E-state index in [9.17, 15) is 13.2 Å². The van der Waals surface area contributed by atoms with Crippen molar-refractivity contribution in [2.75, 3.05) is 33.9 Å². The van der Waals surface area contributed by atoms with Crippen molar-refractivity contribution in [2.24, 2.45) is 0 Å². The predicted octanol–water partition coefficient (Wildman–Crippen LogP) is 2.35. The van der Waals surface area contributed by atoms with E-state index >= 15 is 0 Å².